The molecule has 0 aromatic carbocycles. The van der Waals surface area contributed by atoms with Crippen molar-refractivity contribution in [3.63, 3.8) is 0 Å². The average molecular weight is 195 g/mol. The Balaban J connectivity index is 2.19. The van der Waals surface area contributed by atoms with Gasteiger partial charge in [0.1, 0.15) is 5.78 Å². The Labute approximate surface area is 82.0 Å². The molecular formula is C10H13NOS. The fourth-order valence-corrected chi connectivity index (χ4v) is 2.77. The lowest BCUT2D eigenvalue weighted by Crippen LogP contribution is -2.15. The minimum atomic E-state index is 0.167. The highest BCUT2D eigenvalue weighted by Crippen LogP contribution is 2.32. The summed E-state index contributed by atoms with van der Waals surface area (Å²) in [5, 5.41) is 1.06. The molecule has 2 rings (SSSR count). The van der Waals surface area contributed by atoms with E-state index in [1.807, 2.05) is 13.1 Å². The molecule has 1 aromatic heterocycles. The van der Waals surface area contributed by atoms with E-state index in [0.29, 0.717) is 5.78 Å². The molecule has 13 heavy (non-hydrogen) atoms. The normalized spacial score (nSPS) is 23.5. The molecule has 1 aliphatic carbocycles. The van der Waals surface area contributed by atoms with Gasteiger partial charge in [-0.1, -0.05) is 6.42 Å². The van der Waals surface area contributed by atoms with Crippen LogP contribution < -0.4 is 0 Å². The van der Waals surface area contributed by atoms with Crippen molar-refractivity contribution < 1.29 is 4.79 Å². The molecule has 0 spiro atoms. The first-order chi connectivity index (χ1) is 6.27. The van der Waals surface area contributed by atoms with Crippen LogP contribution in [0.5, 0.6) is 0 Å². The zero-order chi connectivity index (χ0) is 9.26. The molecule has 1 fully saturated rings. The Morgan fingerprint density at radius 2 is 2.38 bits per heavy atom. The molecule has 70 valence electrons. The molecule has 1 atom stereocenters. The summed E-state index contributed by atoms with van der Waals surface area (Å²) in [7, 11) is 0. The average Bonchev–Trinajstić information content (AvgIpc) is 2.53. The van der Waals surface area contributed by atoms with E-state index < -0.39 is 0 Å². The van der Waals surface area contributed by atoms with Crippen LogP contribution in [0.1, 0.15) is 41.5 Å². The van der Waals surface area contributed by atoms with Crippen LogP contribution in [-0.4, -0.2) is 10.8 Å². The molecule has 1 unspecified atom stereocenters. The van der Waals surface area contributed by atoms with Crippen LogP contribution in [0.4, 0.5) is 0 Å². The second kappa shape index (κ2) is 3.58. The van der Waals surface area contributed by atoms with Gasteiger partial charge in [-0.05, 0) is 19.8 Å². The van der Waals surface area contributed by atoms with E-state index in [1.165, 1.54) is 11.3 Å². The van der Waals surface area contributed by atoms with Gasteiger partial charge in [0.2, 0.25) is 0 Å². The predicted octanol–water partition coefficient (Wildman–Crippen LogP) is 2.68. The Morgan fingerprint density at radius 1 is 1.54 bits per heavy atom. The first kappa shape index (κ1) is 8.88. The second-order valence-electron chi connectivity index (χ2n) is 3.55. The second-order valence-corrected chi connectivity index (χ2v) is 4.81. The standard InChI is InChI=1S/C10H13NOS/c1-7-11-6-10(13-7)8-4-2-3-5-9(8)12/h6,8H,2-5H2,1H3. The third-order valence-corrected chi connectivity index (χ3v) is 3.56. The van der Waals surface area contributed by atoms with E-state index in [9.17, 15) is 4.79 Å². The van der Waals surface area contributed by atoms with Crippen LogP contribution in [0.2, 0.25) is 0 Å². The van der Waals surface area contributed by atoms with Crippen LogP contribution in [0.15, 0.2) is 6.20 Å². The van der Waals surface area contributed by atoms with Crippen molar-refractivity contribution in [3.8, 4) is 0 Å². The molecule has 2 nitrogen and oxygen atoms in total. The van der Waals surface area contributed by atoms with Gasteiger partial charge >= 0.3 is 0 Å². The molecule has 0 amide bonds. The maximum atomic E-state index is 11.6. The van der Waals surface area contributed by atoms with E-state index in [1.54, 1.807) is 11.3 Å². The number of thiazole rings is 1. The summed E-state index contributed by atoms with van der Waals surface area (Å²) >= 11 is 1.67. The van der Waals surface area contributed by atoms with Crippen molar-refractivity contribution in [2.24, 2.45) is 0 Å². The smallest absolute Gasteiger partial charge is 0.141 e. The fourth-order valence-electron chi connectivity index (χ4n) is 1.82. The van der Waals surface area contributed by atoms with E-state index in [-0.39, 0.29) is 5.92 Å². The highest BCUT2D eigenvalue weighted by Gasteiger charge is 2.25. The molecule has 0 bridgehead atoms. The maximum Gasteiger partial charge on any atom is 0.141 e. The third-order valence-electron chi connectivity index (χ3n) is 2.54. The molecule has 0 saturated heterocycles. The lowest BCUT2D eigenvalue weighted by atomic mass is 9.87. The molecule has 1 aromatic rings. The lowest BCUT2D eigenvalue weighted by molar-refractivity contribution is -0.121. The van der Waals surface area contributed by atoms with Crippen LogP contribution >= 0.6 is 11.3 Å². The summed E-state index contributed by atoms with van der Waals surface area (Å²) < 4.78 is 0. The van der Waals surface area contributed by atoms with E-state index in [0.717, 1.165) is 24.3 Å². The van der Waals surface area contributed by atoms with Crippen LogP contribution in [-0.2, 0) is 4.79 Å². The molecule has 3 heteroatoms. The van der Waals surface area contributed by atoms with Gasteiger partial charge in [0.25, 0.3) is 0 Å². The van der Waals surface area contributed by atoms with Crippen LogP contribution in [0.25, 0.3) is 0 Å². The first-order valence-corrected chi connectivity index (χ1v) is 5.54. The predicted molar refractivity (Wildman–Crippen MR) is 53.1 cm³/mol. The van der Waals surface area contributed by atoms with Gasteiger partial charge in [-0.15, -0.1) is 11.3 Å². The molecule has 0 radical (unpaired) electrons. The van der Waals surface area contributed by atoms with Crippen molar-refractivity contribution in [1.82, 2.24) is 4.98 Å². The number of aromatic nitrogens is 1. The lowest BCUT2D eigenvalue weighted by Gasteiger charge is -2.18. The number of rotatable bonds is 1. The quantitative estimate of drug-likeness (QED) is 0.689. The number of Topliss-reactive ketones (excluding diaryl/α,β-unsaturated/α-hetero) is 1. The first-order valence-electron chi connectivity index (χ1n) is 4.72. The van der Waals surface area contributed by atoms with Crippen molar-refractivity contribution in [3.05, 3.63) is 16.1 Å². The molecule has 1 saturated carbocycles. The molecule has 1 heterocycles. The third kappa shape index (κ3) is 1.80. The summed E-state index contributed by atoms with van der Waals surface area (Å²) in [4.78, 5) is 16.9. The highest BCUT2D eigenvalue weighted by atomic mass is 32.1. The van der Waals surface area contributed by atoms with Gasteiger partial charge in [0, 0.05) is 17.5 Å². The molecule has 1 aliphatic rings. The Hall–Kier alpha value is -0.700. The van der Waals surface area contributed by atoms with Gasteiger partial charge < -0.3 is 0 Å². The van der Waals surface area contributed by atoms with E-state index in [2.05, 4.69) is 4.98 Å². The van der Waals surface area contributed by atoms with Crippen molar-refractivity contribution in [1.29, 1.82) is 0 Å². The summed E-state index contributed by atoms with van der Waals surface area (Å²) in [5.74, 6) is 0.579. The largest absolute Gasteiger partial charge is 0.299 e. The number of nitrogens with zero attached hydrogens (tertiary/aromatic N) is 1. The van der Waals surface area contributed by atoms with Gasteiger partial charge in [-0.3, -0.25) is 4.79 Å². The van der Waals surface area contributed by atoms with Crippen molar-refractivity contribution in [2.45, 2.75) is 38.5 Å². The zero-order valence-corrected chi connectivity index (χ0v) is 8.56. The van der Waals surface area contributed by atoms with Crippen LogP contribution in [0.3, 0.4) is 0 Å². The summed E-state index contributed by atoms with van der Waals surface area (Å²) in [6.07, 6.45) is 5.93. The number of aryl methyl sites for hydroxylation is 1. The topological polar surface area (TPSA) is 30.0 Å². The van der Waals surface area contributed by atoms with E-state index in [4.69, 9.17) is 0 Å². The van der Waals surface area contributed by atoms with Crippen molar-refractivity contribution >= 4 is 17.1 Å². The Kier molecular flexibility index (Phi) is 2.44. The van der Waals surface area contributed by atoms with E-state index >= 15 is 0 Å². The van der Waals surface area contributed by atoms with Gasteiger partial charge in [0.15, 0.2) is 0 Å². The fraction of sp³-hybridized carbons (Fsp3) is 0.600. The number of hydrogen-bond acceptors (Lipinski definition) is 3. The van der Waals surface area contributed by atoms with Crippen LogP contribution in [0, 0.1) is 6.92 Å². The SMILES string of the molecule is Cc1ncc(C2CCCCC2=O)s1. The number of ketones is 1. The zero-order valence-electron chi connectivity index (χ0n) is 7.75. The number of carbonyl (C=O) groups excluding carboxylic acids is 1. The monoisotopic (exact) mass is 195 g/mol. The van der Waals surface area contributed by atoms with Gasteiger partial charge in [-0.25, -0.2) is 4.98 Å². The summed E-state index contributed by atoms with van der Waals surface area (Å²) in [6, 6.07) is 0. The summed E-state index contributed by atoms with van der Waals surface area (Å²) in [5.41, 5.74) is 0. The highest BCUT2D eigenvalue weighted by molar-refractivity contribution is 7.11. The number of hydrogen-bond donors (Lipinski definition) is 0. The van der Waals surface area contributed by atoms with Gasteiger partial charge in [-0.2, -0.15) is 0 Å². The summed E-state index contributed by atoms with van der Waals surface area (Å²) in [6.45, 7) is 1.99. The Bertz CT molecular complexity index is 318. The molecular weight excluding hydrogens is 182 g/mol. The molecule has 0 N–H and O–H groups in total. The maximum absolute atomic E-state index is 11.6. The Morgan fingerprint density at radius 3 is 3.00 bits per heavy atom. The minimum absolute atomic E-state index is 0.167. The number of carbonyl (C=O) groups is 1. The molecule has 0 aliphatic heterocycles. The van der Waals surface area contributed by atoms with Crippen molar-refractivity contribution in [2.75, 3.05) is 0 Å². The minimum Gasteiger partial charge on any atom is -0.299 e. The van der Waals surface area contributed by atoms with Gasteiger partial charge in [0.05, 0.1) is 10.9 Å².